The van der Waals surface area contributed by atoms with Gasteiger partial charge in [-0.25, -0.2) is 0 Å². The fourth-order valence-electron chi connectivity index (χ4n) is 1.11. The van der Waals surface area contributed by atoms with Crippen molar-refractivity contribution < 1.29 is 0 Å². The van der Waals surface area contributed by atoms with Gasteiger partial charge >= 0.3 is 0 Å². The molecule has 2 heteroatoms. The molecule has 2 aromatic carbocycles. The van der Waals surface area contributed by atoms with Crippen molar-refractivity contribution in [2.24, 2.45) is 0 Å². The van der Waals surface area contributed by atoms with Crippen LogP contribution in [0.3, 0.4) is 0 Å². The maximum atomic E-state index is 2.12. The van der Waals surface area contributed by atoms with E-state index < -0.39 is 0 Å². The number of benzene rings is 2. The Hall–Kier alpha value is -0.210. The molecule has 0 bridgehead atoms. The van der Waals surface area contributed by atoms with Gasteiger partial charge in [0.1, 0.15) is 0 Å². The number of rotatable bonds is 2. The van der Waals surface area contributed by atoms with Crippen LogP contribution in [0.4, 0.5) is 0 Å². The monoisotopic (exact) mass is 209 g/mol. The van der Waals surface area contributed by atoms with Crippen molar-refractivity contribution in [2.45, 2.75) is 9.79 Å². The van der Waals surface area contributed by atoms with Crippen LogP contribution in [-0.4, -0.2) is 29.6 Å². The summed E-state index contributed by atoms with van der Waals surface area (Å²) < 4.78 is 0. The summed E-state index contributed by atoms with van der Waals surface area (Å²) in [5.74, 6) is 0. The molecule has 2 rings (SSSR count). The summed E-state index contributed by atoms with van der Waals surface area (Å²) in [7, 11) is 0. The van der Waals surface area contributed by atoms with E-state index in [1.807, 2.05) is 12.1 Å². The first-order chi connectivity index (χ1) is 6.45. The van der Waals surface area contributed by atoms with Crippen molar-refractivity contribution >= 4 is 41.3 Å². The Morgan fingerprint density at radius 2 is 0.929 bits per heavy atom. The van der Waals surface area contributed by atoms with Gasteiger partial charge in [0.25, 0.3) is 0 Å². The van der Waals surface area contributed by atoms with Crippen LogP contribution < -0.4 is 0 Å². The Morgan fingerprint density at radius 1 is 0.571 bits per heavy atom. The van der Waals surface area contributed by atoms with Gasteiger partial charge in [0, 0.05) is 39.3 Å². The van der Waals surface area contributed by atoms with Gasteiger partial charge in [-0.05, 0) is 24.3 Å². The maximum Gasteiger partial charge on any atom is 0.0122 e. The average molecular weight is 209 g/mol. The first-order valence-electron chi connectivity index (χ1n) is 4.23. The summed E-state index contributed by atoms with van der Waals surface area (Å²) >= 11 is 1.79. The second kappa shape index (κ2) is 6.31. The molecule has 0 spiro atoms. The normalized spacial score (nSPS) is 9.14. The van der Waals surface area contributed by atoms with Crippen molar-refractivity contribution in [1.82, 2.24) is 0 Å². The molecule has 1 radical (unpaired) electrons. The van der Waals surface area contributed by atoms with E-state index in [4.69, 9.17) is 0 Å². The summed E-state index contributed by atoms with van der Waals surface area (Å²) in [6, 6.07) is 20.8. The van der Waals surface area contributed by atoms with Crippen molar-refractivity contribution in [3.05, 3.63) is 60.7 Å². The van der Waals surface area contributed by atoms with Crippen LogP contribution in [0.5, 0.6) is 0 Å². The molecular formula is C12H10NaS. The Balaban J connectivity index is 0.000000980. The Morgan fingerprint density at radius 3 is 1.29 bits per heavy atom. The number of hydrogen-bond acceptors (Lipinski definition) is 1. The molecule has 0 N–H and O–H groups in total. The van der Waals surface area contributed by atoms with E-state index in [0.29, 0.717) is 0 Å². The average Bonchev–Trinajstić information content (AvgIpc) is 2.21. The van der Waals surface area contributed by atoms with Crippen molar-refractivity contribution in [2.75, 3.05) is 0 Å². The summed E-state index contributed by atoms with van der Waals surface area (Å²) in [6.07, 6.45) is 0. The molecule has 0 fully saturated rings. The van der Waals surface area contributed by atoms with Gasteiger partial charge in [-0.1, -0.05) is 48.2 Å². The van der Waals surface area contributed by atoms with E-state index in [1.54, 1.807) is 11.8 Å². The third-order valence-corrected chi connectivity index (χ3v) is 2.74. The Bertz CT molecular complexity index is 321. The van der Waals surface area contributed by atoms with Crippen molar-refractivity contribution in [3.63, 3.8) is 0 Å². The van der Waals surface area contributed by atoms with E-state index in [2.05, 4.69) is 48.5 Å². The smallest absolute Gasteiger partial charge is 0.0122 e. The molecule has 0 heterocycles. The molecule has 0 amide bonds. The van der Waals surface area contributed by atoms with Gasteiger partial charge in [-0.2, -0.15) is 0 Å². The Labute approximate surface area is 111 Å². The molecule has 0 aliphatic heterocycles. The third-order valence-electron chi connectivity index (χ3n) is 1.72. The fourth-order valence-corrected chi connectivity index (χ4v) is 1.97. The van der Waals surface area contributed by atoms with E-state index in [0.717, 1.165) is 0 Å². The molecule has 0 unspecified atom stereocenters. The SMILES string of the molecule is [Na].c1ccc(Sc2ccccc2)cc1. The molecule has 0 aliphatic carbocycles. The largest absolute Gasteiger partial charge is 0.0901 e. The van der Waals surface area contributed by atoms with Crippen LogP contribution in [-0.2, 0) is 0 Å². The summed E-state index contributed by atoms with van der Waals surface area (Å²) in [6.45, 7) is 0. The quantitative estimate of drug-likeness (QED) is 0.682. The predicted molar refractivity (Wildman–Crippen MR) is 62.8 cm³/mol. The first-order valence-corrected chi connectivity index (χ1v) is 5.05. The number of hydrogen-bond donors (Lipinski definition) is 0. The first kappa shape index (κ1) is 11.9. The second-order valence-electron chi connectivity index (χ2n) is 2.73. The van der Waals surface area contributed by atoms with Gasteiger partial charge in [0.2, 0.25) is 0 Å². The zero-order valence-corrected chi connectivity index (χ0v) is 11.0. The van der Waals surface area contributed by atoms with Crippen molar-refractivity contribution in [3.8, 4) is 0 Å². The van der Waals surface area contributed by atoms with Gasteiger partial charge in [-0.15, -0.1) is 0 Å². The molecular weight excluding hydrogens is 199 g/mol. The van der Waals surface area contributed by atoms with E-state index >= 15 is 0 Å². The van der Waals surface area contributed by atoms with Gasteiger partial charge in [0.15, 0.2) is 0 Å². The molecule has 14 heavy (non-hydrogen) atoms. The summed E-state index contributed by atoms with van der Waals surface area (Å²) in [4.78, 5) is 2.57. The maximum absolute atomic E-state index is 2.12. The topological polar surface area (TPSA) is 0 Å². The molecule has 0 saturated heterocycles. The molecule has 65 valence electrons. The molecule has 0 saturated carbocycles. The van der Waals surface area contributed by atoms with Gasteiger partial charge in [-0.3, -0.25) is 0 Å². The Kier molecular flexibility index (Phi) is 5.34. The van der Waals surface area contributed by atoms with E-state index in [1.165, 1.54) is 9.79 Å². The van der Waals surface area contributed by atoms with E-state index in [9.17, 15) is 0 Å². The summed E-state index contributed by atoms with van der Waals surface area (Å²) in [5.41, 5.74) is 0. The minimum Gasteiger partial charge on any atom is -0.0901 e. The molecule has 0 aromatic heterocycles. The predicted octanol–water partition coefficient (Wildman–Crippen LogP) is 3.46. The van der Waals surface area contributed by atoms with Gasteiger partial charge < -0.3 is 0 Å². The molecule has 0 nitrogen and oxygen atoms in total. The molecule has 2 aromatic rings. The third kappa shape index (κ3) is 3.50. The zero-order chi connectivity index (χ0) is 8.93. The second-order valence-corrected chi connectivity index (χ2v) is 3.88. The summed E-state index contributed by atoms with van der Waals surface area (Å²) in [5, 5.41) is 0. The van der Waals surface area contributed by atoms with Gasteiger partial charge in [0.05, 0.1) is 0 Å². The minimum atomic E-state index is 0. The van der Waals surface area contributed by atoms with Crippen LogP contribution in [0.1, 0.15) is 0 Å². The molecule has 0 aliphatic rings. The minimum absolute atomic E-state index is 0. The molecule has 0 atom stereocenters. The van der Waals surface area contributed by atoms with E-state index in [-0.39, 0.29) is 29.6 Å². The van der Waals surface area contributed by atoms with Crippen LogP contribution >= 0.6 is 11.8 Å². The van der Waals surface area contributed by atoms with Crippen LogP contribution in [0.15, 0.2) is 70.5 Å². The fraction of sp³-hybridized carbons (Fsp3) is 0. The van der Waals surface area contributed by atoms with Crippen LogP contribution in [0.25, 0.3) is 0 Å². The zero-order valence-electron chi connectivity index (χ0n) is 8.18. The van der Waals surface area contributed by atoms with Crippen LogP contribution in [0.2, 0.25) is 0 Å². The van der Waals surface area contributed by atoms with Crippen molar-refractivity contribution in [1.29, 1.82) is 0 Å². The van der Waals surface area contributed by atoms with Crippen LogP contribution in [0, 0.1) is 0 Å². The standard InChI is InChI=1S/C12H10S.Na/c1-3-7-11(8-4-1)13-12-9-5-2-6-10-12;/h1-10H;.